The fourth-order valence-corrected chi connectivity index (χ4v) is 5.02. The summed E-state index contributed by atoms with van der Waals surface area (Å²) in [5.74, 6) is -3.88. The Bertz CT molecular complexity index is 1730. The molecule has 0 bridgehead atoms. The molecule has 2 amide bonds. The number of thioether (sulfide) groups is 1. The van der Waals surface area contributed by atoms with E-state index in [2.05, 4.69) is 10.6 Å². The van der Waals surface area contributed by atoms with Crippen LogP contribution in [0.5, 0.6) is 0 Å². The van der Waals surface area contributed by atoms with E-state index >= 15 is 0 Å². The second-order valence-corrected chi connectivity index (χ2v) is 10.5. The molecule has 0 saturated heterocycles. The van der Waals surface area contributed by atoms with E-state index in [1.165, 1.54) is 16.4 Å². The number of aromatic carboxylic acids is 2. The molecule has 210 valence electrons. The van der Waals surface area contributed by atoms with E-state index in [9.17, 15) is 29.1 Å². The van der Waals surface area contributed by atoms with Crippen LogP contribution in [0, 0.1) is 6.92 Å². The van der Waals surface area contributed by atoms with Crippen molar-refractivity contribution >= 4 is 46.9 Å². The Hall–Kier alpha value is -5.10. The molecule has 11 nitrogen and oxygen atoms in total. The number of aromatic nitrogens is 2. The van der Waals surface area contributed by atoms with Crippen LogP contribution in [0.3, 0.4) is 0 Å². The van der Waals surface area contributed by atoms with Gasteiger partial charge < -0.3 is 20.8 Å². The second kappa shape index (κ2) is 12.0. The van der Waals surface area contributed by atoms with E-state index in [-0.39, 0.29) is 28.3 Å². The average Bonchev–Trinajstić information content (AvgIpc) is 3.15. The zero-order valence-electron chi connectivity index (χ0n) is 22.2. The molecule has 12 heteroatoms. The highest BCUT2D eigenvalue weighted by molar-refractivity contribution is 8.00. The largest absolute Gasteiger partial charge is 0.478 e. The summed E-state index contributed by atoms with van der Waals surface area (Å²) in [5.41, 5.74) is 0.518. The van der Waals surface area contributed by atoms with Gasteiger partial charge >= 0.3 is 11.9 Å². The molecule has 0 aliphatic rings. The first kappa shape index (κ1) is 28.9. The van der Waals surface area contributed by atoms with Gasteiger partial charge in [-0.3, -0.25) is 19.1 Å². The Morgan fingerprint density at radius 3 is 2.22 bits per heavy atom. The van der Waals surface area contributed by atoms with Gasteiger partial charge in [-0.1, -0.05) is 24.3 Å². The van der Waals surface area contributed by atoms with Crippen LogP contribution >= 0.6 is 11.8 Å². The van der Waals surface area contributed by atoms with Crippen LogP contribution in [0.4, 0.5) is 11.4 Å². The molecule has 4 rings (SSSR count). The molecule has 0 aliphatic carbocycles. The molecule has 0 spiro atoms. The summed E-state index contributed by atoms with van der Waals surface area (Å²) in [6.45, 7) is 3.42. The molecule has 4 N–H and O–H groups in total. The van der Waals surface area contributed by atoms with Crippen molar-refractivity contribution in [2.75, 3.05) is 10.6 Å². The highest BCUT2D eigenvalue weighted by Gasteiger charge is 2.22. The maximum Gasteiger partial charge on any atom is 0.336 e. The summed E-state index contributed by atoms with van der Waals surface area (Å²) < 4.78 is 3.14. The quantitative estimate of drug-likeness (QED) is 0.216. The first-order chi connectivity index (χ1) is 19.5. The number of rotatable bonds is 9. The fourth-order valence-electron chi connectivity index (χ4n) is 4.09. The Balaban J connectivity index is 1.48. The van der Waals surface area contributed by atoms with Crippen LogP contribution in [0.15, 0.2) is 82.5 Å². The van der Waals surface area contributed by atoms with Gasteiger partial charge in [0.05, 0.1) is 33.3 Å². The number of hydrogen-bond acceptors (Lipinski definition) is 6. The average molecular weight is 575 g/mol. The number of carbonyl (C=O) groups is 4. The molecule has 1 aromatic heterocycles. The third-order valence-corrected chi connectivity index (χ3v) is 7.41. The SMILES string of the molecule is Cc1c(NC(=O)C(C)Sc2cccc(NC(=O)c3ccc(C(=O)O)cc3C(=O)O)c2)c(=O)n(-c2ccccc2)n1C. The molecule has 0 fully saturated rings. The van der Waals surface area contributed by atoms with Crippen molar-refractivity contribution in [3.63, 3.8) is 0 Å². The summed E-state index contributed by atoms with van der Waals surface area (Å²) in [6.07, 6.45) is 0. The number of carboxylic acid groups (broad SMARTS) is 2. The summed E-state index contributed by atoms with van der Waals surface area (Å²) >= 11 is 1.20. The number of anilines is 2. The lowest BCUT2D eigenvalue weighted by Crippen LogP contribution is -2.27. The van der Waals surface area contributed by atoms with Gasteiger partial charge in [-0.15, -0.1) is 11.8 Å². The van der Waals surface area contributed by atoms with E-state index < -0.39 is 28.7 Å². The second-order valence-electron chi connectivity index (χ2n) is 9.04. The van der Waals surface area contributed by atoms with Gasteiger partial charge in [-0.25, -0.2) is 14.3 Å². The van der Waals surface area contributed by atoms with Crippen molar-refractivity contribution in [1.29, 1.82) is 0 Å². The van der Waals surface area contributed by atoms with E-state index in [1.54, 1.807) is 62.0 Å². The lowest BCUT2D eigenvalue weighted by molar-refractivity contribution is -0.115. The monoisotopic (exact) mass is 574 g/mol. The molecular weight excluding hydrogens is 548 g/mol. The minimum atomic E-state index is -1.44. The number of carboxylic acids is 2. The predicted octanol–water partition coefficient (Wildman–Crippen LogP) is 4.25. The molecule has 1 heterocycles. The number of benzene rings is 3. The topological polar surface area (TPSA) is 160 Å². The Kier molecular flexibility index (Phi) is 8.43. The van der Waals surface area contributed by atoms with Gasteiger partial charge in [0.15, 0.2) is 0 Å². The van der Waals surface area contributed by atoms with Crippen molar-refractivity contribution in [3.8, 4) is 5.69 Å². The van der Waals surface area contributed by atoms with E-state index in [0.29, 0.717) is 22.0 Å². The zero-order valence-corrected chi connectivity index (χ0v) is 23.1. The van der Waals surface area contributed by atoms with Gasteiger partial charge in [0.1, 0.15) is 5.69 Å². The van der Waals surface area contributed by atoms with Crippen molar-refractivity contribution in [3.05, 3.63) is 106 Å². The Morgan fingerprint density at radius 2 is 1.56 bits per heavy atom. The molecule has 4 aromatic rings. The third-order valence-electron chi connectivity index (χ3n) is 6.32. The molecule has 41 heavy (non-hydrogen) atoms. The molecule has 0 saturated carbocycles. The Labute approximate surface area is 238 Å². The summed E-state index contributed by atoms with van der Waals surface area (Å²) in [4.78, 5) is 62.5. The van der Waals surface area contributed by atoms with Crippen molar-refractivity contribution < 1.29 is 29.4 Å². The normalized spacial score (nSPS) is 11.5. The fraction of sp³-hybridized carbons (Fsp3) is 0.138. The zero-order chi connectivity index (χ0) is 29.8. The number of amides is 2. The molecule has 0 aliphatic heterocycles. The lowest BCUT2D eigenvalue weighted by Gasteiger charge is -2.13. The van der Waals surface area contributed by atoms with Crippen LogP contribution in [0.25, 0.3) is 5.69 Å². The van der Waals surface area contributed by atoms with Crippen LogP contribution in [-0.4, -0.2) is 48.6 Å². The van der Waals surface area contributed by atoms with E-state index in [0.717, 1.165) is 18.2 Å². The smallest absolute Gasteiger partial charge is 0.336 e. The molecule has 3 aromatic carbocycles. The third kappa shape index (κ3) is 6.23. The van der Waals surface area contributed by atoms with Gasteiger partial charge in [0.25, 0.3) is 11.5 Å². The summed E-state index contributed by atoms with van der Waals surface area (Å²) in [6, 6.07) is 18.9. The molecule has 0 radical (unpaired) electrons. The minimum Gasteiger partial charge on any atom is -0.478 e. The van der Waals surface area contributed by atoms with Gasteiger partial charge in [-0.2, -0.15) is 0 Å². The van der Waals surface area contributed by atoms with Gasteiger partial charge in [0, 0.05) is 17.6 Å². The highest BCUT2D eigenvalue weighted by atomic mass is 32.2. The van der Waals surface area contributed by atoms with E-state index in [4.69, 9.17) is 5.11 Å². The van der Waals surface area contributed by atoms with Crippen LogP contribution in [-0.2, 0) is 11.8 Å². The number of carbonyl (C=O) groups excluding carboxylic acids is 2. The van der Waals surface area contributed by atoms with Crippen LogP contribution < -0.4 is 16.2 Å². The molecular formula is C29H26N4O7S. The highest BCUT2D eigenvalue weighted by Crippen LogP contribution is 2.27. The van der Waals surface area contributed by atoms with Crippen molar-refractivity contribution in [1.82, 2.24) is 9.36 Å². The standard InChI is InChI=1S/C29H26N4O7S/c1-16-24(27(36)33(32(16)3)20-9-5-4-6-10-20)31-25(34)17(2)41-21-11-7-8-19(15-21)30-26(35)22-13-12-18(28(37)38)14-23(22)29(39)40/h4-15,17H,1-3H3,(H,30,35)(H,31,34)(H,37,38)(H,39,40). The number of nitrogens with zero attached hydrogens (tertiary/aromatic N) is 2. The van der Waals surface area contributed by atoms with Crippen LogP contribution in [0.1, 0.15) is 43.7 Å². The summed E-state index contributed by atoms with van der Waals surface area (Å²) in [5, 5.41) is 23.3. The maximum absolute atomic E-state index is 13.1. The molecule has 1 atom stereocenters. The van der Waals surface area contributed by atoms with Gasteiger partial charge in [-0.05, 0) is 62.4 Å². The lowest BCUT2D eigenvalue weighted by atomic mass is 10.0. The predicted molar refractivity (Wildman–Crippen MR) is 154 cm³/mol. The first-order valence-corrected chi connectivity index (χ1v) is 13.2. The van der Waals surface area contributed by atoms with Crippen molar-refractivity contribution in [2.24, 2.45) is 7.05 Å². The molecule has 1 unspecified atom stereocenters. The minimum absolute atomic E-state index is 0.179. The van der Waals surface area contributed by atoms with E-state index in [1.807, 2.05) is 18.2 Å². The van der Waals surface area contributed by atoms with Crippen LogP contribution in [0.2, 0.25) is 0 Å². The maximum atomic E-state index is 13.1. The summed E-state index contributed by atoms with van der Waals surface area (Å²) in [7, 11) is 1.73. The number of nitrogens with one attached hydrogen (secondary N) is 2. The number of hydrogen-bond donors (Lipinski definition) is 4. The number of para-hydroxylation sites is 1. The van der Waals surface area contributed by atoms with Crippen molar-refractivity contribution in [2.45, 2.75) is 24.0 Å². The Morgan fingerprint density at radius 1 is 0.854 bits per heavy atom. The first-order valence-electron chi connectivity index (χ1n) is 12.3. The van der Waals surface area contributed by atoms with Gasteiger partial charge in [0.2, 0.25) is 5.91 Å².